The number of hydrogen-bond donors (Lipinski definition) is 1. The van der Waals surface area contributed by atoms with Gasteiger partial charge in [-0.1, -0.05) is 42.2 Å². The molecule has 0 saturated heterocycles. The second kappa shape index (κ2) is 8.54. The van der Waals surface area contributed by atoms with Crippen molar-refractivity contribution < 1.29 is 18.3 Å². The summed E-state index contributed by atoms with van der Waals surface area (Å²) in [6.45, 7) is 0.485. The van der Waals surface area contributed by atoms with Gasteiger partial charge in [-0.05, 0) is 17.7 Å². The average Bonchev–Trinajstić information content (AvgIpc) is 2.53. The zero-order chi connectivity index (χ0) is 16.5. The van der Waals surface area contributed by atoms with Crippen molar-refractivity contribution in [2.45, 2.75) is 13.0 Å². The third-order valence-corrected chi connectivity index (χ3v) is 2.83. The van der Waals surface area contributed by atoms with Crippen LogP contribution < -0.4 is 5.32 Å². The van der Waals surface area contributed by atoms with Gasteiger partial charge in [0.1, 0.15) is 18.2 Å². The van der Waals surface area contributed by atoms with E-state index in [0.717, 1.165) is 23.8 Å². The lowest BCUT2D eigenvalue weighted by molar-refractivity contribution is 0.140. The summed E-state index contributed by atoms with van der Waals surface area (Å²) in [6.07, 6.45) is -0.189. The molecule has 3 nitrogen and oxygen atoms in total. The normalized spacial score (nSPS) is 9.65. The van der Waals surface area contributed by atoms with Gasteiger partial charge in [-0.25, -0.2) is 13.6 Å². The molecule has 0 spiro atoms. The molecule has 0 radical (unpaired) electrons. The summed E-state index contributed by atoms with van der Waals surface area (Å²) in [6, 6.07) is 12.4. The van der Waals surface area contributed by atoms with E-state index in [4.69, 9.17) is 4.74 Å². The number of ether oxygens (including phenoxy) is 1. The van der Waals surface area contributed by atoms with Gasteiger partial charge in [-0.3, -0.25) is 0 Å². The molecule has 0 aliphatic heterocycles. The van der Waals surface area contributed by atoms with Crippen LogP contribution in [0.1, 0.15) is 17.5 Å². The maximum Gasteiger partial charge on any atom is 0.407 e. The molecule has 0 fully saturated rings. The molecule has 2 aromatic rings. The monoisotopic (exact) mass is 315 g/mol. The van der Waals surface area contributed by atoms with E-state index in [2.05, 4.69) is 17.2 Å². The van der Waals surface area contributed by atoms with Gasteiger partial charge in [0.15, 0.2) is 0 Å². The molecule has 0 unspecified atom stereocenters. The Kier molecular flexibility index (Phi) is 6.13. The fraction of sp³-hybridized carbons (Fsp3) is 0.167. The Labute approximate surface area is 133 Å². The Morgan fingerprint density at radius 1 is 1.09 bits per heavy atom. The molecular formula is C18H15F2NO2. The molecule has 0 saturated carbocycles. The van der Waals surface area contributed by atoms with Gasteiger partial charge in [0.25, 0.3) is 0 Å². The van der Waals surface area contributed by atoms with Crippen LogP contribution in [-0.2, 0) is 11.3 Å². The lowest BCUT2D eigenvalue weighted by Gasteiger charge is -2.05. The minimum atomic E-state index is -0.670. The van der Waals surface area contributed by atoms with Gasteiger partial charge < -0.3 is 10.1 Å². The smallest absolute Gasteiger partial charge is 0.407 e. The molecular weight excluding hydrogens is 300 g/mol. The van der Waals surface area contributed by atoms with Crippen molar-refractivity contribution in [2.24, 2.45) is 0 Å². The van der Waals surface area contributed by atoms with E-state index in [1.807, 2.05) is 30.3 Å². The molecule has 2 rings (SSSR count). The molecule has 0 aromatic heterocycles. The number of nitrogens with one attached hydrogen (secondary N) is 1. The highest BCUT2D eigenvalue weighted by Gasteiger charge is 2.01. The molecule has 0 aliphatic rings. The van der Waals surface area contributed by atoms with Crippen LogP contribution in [-0.4, -0.2) is 12.6 Å². The minimum absolute atomic E-state index is 0.195. The predicted molar refractivity (Wildman–Crippen MR) is 82.5 cm³/mol. The van der Waals surface area contributed by atoms with Crippen molar-refractivity contribution in [3.63, 3.8) is 0 Å². The van der Waals surface area contributed by atoms with Crippen LogP contribution in [0.2, 0.25) is 0 Å². The van der Waals surface area contributed by atoms with Gasteiger partial charge in [0.2, 0.25) is 0 Å². The van der Waals surface area contributed by atoms with Crippen LogP contribution in [0.25, 0.3) is 0 Å². The number of amides is 1. The Hall–Kier alpha value is -2.87. The molecule has 118 valence electrons. The SMILES string of the molecule is O=C(NCCC#Cc1cc(F)cc(F)c1)OCc1ccccc1. The number of halogens is 2. The lowest BCUT2D eigenvalue weighted by atomic mass is 10.2. The van der Waals surface area contributed by atoms with Crippen molar-refractivity contribution in [3.8, 4) is 11.8 Å². The Morgan fingerprint density at radius 2 is 1.78 bits per heavy atom. The van der Waals surface area contributed by atoms with E-state index < -0.39 is 17.7 Å². The van der Waals surface area contributed by atoms with Crippen LogP contribution in [0, 0.1) is 23.5 Å². The highest BCUT2D eigenvalue weighted by molar-refractivity contribution is 5.67. The standard InChI is InChI=1S/C18H15F2NO2/c19-16-10-15(11-17(20)12-16)8-4-5-9-21-18(22)23-13-14-6-2-1-3-7-14/h1-3,6-7,10-12H,5,9,13H2,(H,21,22). The fourth-order valence-corrected chi connectivity index (χ4v) is 1.79. The summed E-state index contributed by atoms with van der Waals surface area (Å²) in [7, 11) is 0. The third-order valence-electron chi connectivity index (χ3n) is 2.83. The third kappa shape index (κ3) is 6.18. The van der Waals surface area contributed by atoms with E-state index in [9.17, 15) is 13.6 Å². The number of benzene rings is 2. The van der Waals surface area contributed by atoms with Crippen LogP contribution in [0.4, 0.5) is 13.6 Å². The molecule has 1 N–H and O–H groups in total. The first-order valence-electron chi connectivity index (χ1n) is 7.03. The maximum absolute atomic E-state index is 13.0. The quantitative estimate of drug-likeness (QED) is 0.691. The van der Waals surface area contributed by atoms with Gasteiger partial charge >= 0.3 is 6.09 Å². The number of hydrogen-bond acceptors (Lipinski definition) is 2. The molecule has 0 aliphatic carbocycles. The zero-order valence-corrected chi connectivity index (χ0v) is 12.3. The summed E-state index contributed by atoms with van der Waals surface area (Å²) < 4.78 is 30.9. The molecule has 2 aromatic carbocycles. The summed E-state index contributed by atoms with van der Waals surface area (Å²) in [5.41, 5.74) is 1.16. The summed E-state index contributed by atoms with van der Waals surface area (Å²) in [4.78, 5) is 11.5. The van der Waals surface area contributed by atoms with Gasteiger partial charge in [0.05, 0.1) is 0 Å². The molecule has 0 atom stereocenters. The summed E-state index contributed by atoms with van der Waals surface area (Å²) >= 11 is 0. The van der Waals surface area contributed by atoms with Crippen molar-refractivity contribution in [1.29, 1.82) is 0 Å². The molecule has 23 heavy (non-hydrogen) atoms. The first-order chi connectivity index (χ1) is 11.1. The van der Waals surface area contributed by atoms with Crippen molar-refractivity contribution in [1.82, 2.24) is 5.32 Å². The van der Waals surface area contributed by atoms with Gasteiger partial charge in [0, 0.05) is 24.6 Å². The van der Waals surface area contributed by atoms with Crippen molar-refractivity contribution in [2.75, 3.05) is 6.54 Å². The average molecular weight is 315 g/mol. The van der Waals surface area contributed by atoms with Crippen LogP contribution in [0.5, 0.6) is 0 Å². The predicted octanol–water partition coefficient (Wildman–Crippen LogP) is 3.63. The maximum atomic E-state index is 13.0. The van der Waals surface area contributed by atoms with E-state index in [1.54, 1.807) is 0 Å². The van der Waals surface area contributed by atoms with E-state index in [0.29, 0.717) is 13.0 Å². The van der Waals surface area contributed by atoms with Gasteiger partial charge in [-0.15, -0.1) is 0 Å². The number of carbonyl (C=O) groups excluding carboxylic acids is 1. The fourth-order valence-electron chi connectivity index (χ4n) is 1.79. The molecule has 1 amide bonds. The highest BCUT2D eigenvalue weighted by atomic mass is 19.1. The van der Waals surface area contributed by atoms with Crippen molar-refractivity contribution in [3.05, 3.63) is 71.3 Å². The van der Waals surface area contributed by atoms with Crippen molar-refractivity contribution >= 4 is 6.09 Å². The van der Waals surface area contributed by atoms with Crippen LogP contribution in [0.15, 0.2) is 48.5 Å². The first-order valence-corrected chi connectivity index (χ1v) is 7.03. The second-order valence-corrected chi connectivity index (χ2v) is 4.70. The topological polar surface area (TPSA) is 38.3 Å². The number of rotatable bonds is 4. The van der Waals surface area contributed by atoms with E-state index in [-0.39, 0.29) is 12.2 Å². The van der Waals surface area contributed by atoms with Gasteiger partial charge in [-0.2, -0.15) is 0 Å². The number of carbonyl (C=O) groups is 1. The molecule has 0 heterocycles. The Morgan fingerprint density at radius 3 is 2.48 bits per heavy atom. The number of alkyl carbamates (subject to hydrolysis) is 1. The zero-order valence-electron chi connectivity index (χ0n) is 12.3. The lowest BCUT2D eigenvalue weighted by Crippen LogP contribution is -2.24. The van der Waals surface area contributed by atoms with Crippen LogP contribution >= 0.6 is 0 Å². The summed E-state index contributed by atoms with van der Waals surface area (Å²) in [5.74, 6) is 4.03. The molecule has 0 bridgehead atoms. The van der Waals surface area contributed by atoms with E-state index in [1.165, 1.54) is 0 Å². The summed E-state index contributed by atoms with van der Waals surface area (Å²) in [5, 5.41) is 2.55. The molecule has 5 heteroatoms. The van der Waals surface area contributed by atoms with Crippen LogP contribution in [0.3, 0.4) is 0 Å². The Bertz CT molecular complexity index is 701. The van der Waals surface area contributed by atoms with E-state index >= 15 is 0 Å². The first kappa shape index (κ1) is 16.5. The largest absolute Gasteiger partial charge is 0.445 e. The minimum Gasteiger partial charge on any atom is -0.445 e. The Balaban J connectivity index is 1.69. The highest BCUT2D eigenvalue weighted by Crippen LogP contribution is 2.06. The second-order valence-electron chi connectivity index (χ2n) is 4.70.